The van der Waals surface area contributed by atoms with Gasteiger partial charge in [0.1, 0.15) is 0 Å². The van der Waals surface area contributed by atoms with Crippen molar-refractivity contribution in [3.8, 4) is 0 Å². The van der Waals surface area contributed by atoms with Crippen molar-refractivity contribution < 1.29 is 17.9 Å². The molecule has 2 amide bonds. The number of anilines is 2. The van der Waals surface area contributed by atoms with Gasteiger partial charge in [0.2, 0.25) is 10.0 Å². The van der Waals surface area contributed by atoms with Gasteiger partial charge in [0, 0.05) is 25.0 Å². The molecule has 8 heteroatoms. The van der Waals surface area contributed by atoms with E-state index in [1.165, 1.54) is 0 Å². The number of carbonyl (C=O) groups is 1. The van der Waals surface area contributed by atoms with Crippen LogP contribution < -0.4 is 15.4 Å². The van der Waals surface area contributed by atoms with E-state index in [1.807, 2.05) is 0 Å². The largest absolute Gasteiger partial charge is 0.383 e. The fraction of sp³-hybridized carbons (Fsp3) is 0.364. The summed E-state index contributed by atoms with van der Waals surface area (Å²) in [5.74, 6) is 0. The zero-order valence-electron chi connectivity index (χ0n) is 10.8. The van der Waals surface area contributed by atoms with E-state index in [-0.39, 0.29) is 6.03 Å². The summed E-state index contributed by atoms with van der Waals surface area (Å²) in [6.07, 6.45) is 1.07. The number of carbonyl (C=O) groups excluding carboxylic acids is 1. The first kappa shape index (κ1) is 15.3. The fourth-order valence-electron chi connectivity index (χ4n) is 1.28. The maximum absolute atomic E-state index is 11.4. The van der Waals surface area contributed by atoms with E-state index in [9.17, 15) is 13.2 Å². The van der Waals surface area contributed by atoms with Crippen LogP contribution in [-0.2, 0) is 14.8 Å². The molecule has 1 rings (SSSR count). The number of ether oxygens (including phenoxy) is 1. The Balaban J connectivity index is 2.50. The van der Waals surface area contributed by atoms with Crippen LogP contribution in [0.2, 0.25) is 0 Å². The lowest BCUT2D eigenvalue weighted by Crippen LogP contribution is -2.31. The van der Waals surface area contributed by atoms with E-state index in [2.05, 4.69) is 15.4 Å². The topological polar surface area (TPSA) is 96.5 Å². The van der Waals surface area contributed by atoms with Gasteiger partial charge in [-0.05, 0) is 24.3 Å². The third-order valence-electron chi connectivity index (χ3n) is 2.04. The third-order valence-corrected chi connectivity index (χ3v) is 2.64. The maximum atomic E-state index is 11.4. The Bertz CT molecular complexity index is 513. The molecule has 1 aromatic rings. The number of rotatable bonds is 6. The molecule has 7 nitrogen and oxygen atoms in total. The first-order valence-corrected chi connectivity index (χ1v) is 7.41. The minimum absolute atomic E-state index is 0.346. The van der Waals surface area contributed by atoms with Crippen molar-refractivity contribution in [2.24, 2.45) is 0 Å². The molecule has 0 saturated carbocycles. The summed E-state index contributed by atoms with van der Waals surface area (Å²) in [5, 5.41) is 5.21. The summed E-state index contributed by atoms with van der Waals surface area (Å²) >= 11 is 0. The Morgan fingerprint density at radius 1 is 1.21 bits per heavy atom. The van der Waals surface area contributed by atoms with E-state index in [0.717, 1.165) is 6.26 Å². The van der Waals surface area contributed by atoms with Gasteiger partial charge in [-0.25, -0.2) is 13.2 Å². The molecule has 0 aromatic heterocycles. The Morgan fingerprint density at radius 3 is 2.32 bits per heavy atom. The normalized spacial score (nSPS) is 10.8. The molecular formula is C11H17N3O4S. The number of amides is 2. The monoisotopic (exact) mass is 287 g/mol. The lowest BCUT2D eigenvalue weighted by molar-refractivity contribution is 0.198. The number of hydrogen-bond donors (Lipinski definition) is 3. The molecule has 1 aromatic carbocycles. The standard InChI is InChI=1S/C11H17N3O4S/c1-18-8-7-12-11(15)13-9-3-5-10(6-4-9)14-19(2,16)17/h3-6,14H,7-8H2,1-2H3,(H2,12,13,15). The van der Waals surface area contributed by atoms with Gasteiger partial charge in [-0.2, -0.15) is 0 Å². The molecular weight excluding hydrogens is 270 g/mol. The summed E-state index contributed by atoms with van der Waals surface area (Å²) in [5.41, 5.74) is 1.00. The molecule has 0 aliphatic rings. The minimum atomic E-state index is -3.29. The number of sulfonamides is 1. The molecule has 3 N–H and O–H groups in total. The zero-order chi connectivity index (χ0) is 14.3. The summed E-state index contributed by atoms with van der Waals surface area (Å²) in [7, 11) is -1.74. The first-order valence-electron chi connectivity index (χ1n) is 5.52. The second-order valence-corrected chi connectivity index (χ2v) is 5.57. The molecule has 0 spiro atoms. The van der Waals surface area contributed by atoms with E-state index in [0.29, 0.717) is 24.5 Å². The van der Waals surface area contributed by atoms with Gasteiger partial charge in [0.15, 0.2) is 0 Å². The SMILES string of the molecule is COCCNC(=O)Nc1ccc(NS(C)(=O)=O)cc1. The van der Waals surface area contributed by atoms with Crippen molar-refractivity contribution in [1.82, 2.24) is 5.32 Å². The summed E-state index contributed by atoms with van der Waals surface area (Å²) < 4.78 is 29.1. The van der Waals surface area contributed by atoms with Crippen LogP contribution in [0, 0.1) is 0 Å². The van der Waals surface area contributed by atoms with Crippen LogP contribution in [0.1, 0.15) is 0 Å². The number of nitrogens with one attached hydrogen (secondary N) is 3. The highest BCUT2D eigenvalue weighted by Crippen LogP contribution is 2.14. The first-order chi connectivity index (χ1) is 8.90. The van der Waals surface area contributed by atoms with Crippen molar-refractivity contribution in [2.45, 2.75) is 0 Å². The van der Waals surface area contributed by atoms with Gasteiger partial charge in [-0.3, -0.25) is 4.72 Å². The Morgan fingerprint density at radius 2 is 1.79 bits per heavy atom. The van der Waals surface area contributed by atoms with Gasteiger partial charge in [-0.1, -0.05) is 0 Å². The van der Waals surface area contributed by atoms with Crippen LogP contribution in [0.3, 0.4) is 0 Å². The molecule has 106 valence electrons. The van der Waals surface area contributed by atoms with Crippen LogP contribution in [0.5, 0.6) is 0 Å². The third kappa shape index (κ3) is 6.63. The molecule has 0 aliphatic heterocycles. The molecule has 0 unspecified atom stereocenters. The van der Waals surface area contributed by atoms with Crippen molar-refractivity contribution >= 4 is 27.4 Å². The molecule has 0 radical (unpaired) electrons. The van der Waals surface area contributed by atoms with E-state index in [1.54, 1.807) is 31.4 Å². The van der Waals surface area contributed by atoms with Gasteiger partial charge < -0.3 is 15.4 Å². The van der Waals surface area contributed by atoms with Gasteiger partial charge >= 0.3 is 6.03 Å². The van der Waals surface area contributed by atoms with Crippen LogP contribution >= 0.6 is 0 Å². The van der Waals surface area contributed by atoms with Crippen molar-refractivity contribution in [3.63, 3.8) is 0 Å². The zero-order valence-corrected chi connectivity index (χ0v) is 11.6. The predicted molar refractivity (Wildman–Crippen MR) is 73.8 cm³/mol. The van der Waals surface area contributed by atoms with Crippen LogP contribution in [0.15, 0.2) is 24.3 Å². The second-order valence-electron chi connectivity index (χ2n) is 3.83. The van der Waals surface area contributed by atoms with Crippen LogP contribution in [0.25, 0.3) is 0 Å². The average molecular weight is 287 g/mol. The quantitative estimate of drug-likeness (QED) is 0.675. The maximum Gasteiger partial charge on any atom is 0.319 e. The number of urea groups is 1. The summed E-state index contributed by atoms with van der Waals surface area (Å²) in [6.45, 7) is 0.848. The molecule has 19 heavy (non-hydrogen) atoms. The lowest BCUT2D eigenvalue weighted by atomic mass is 10.3. The fourth-order valence-corrected chi connectivity index (χ4v) is 1.84. The van der Waals surface area contributed by atoms with Crippen molar-refractivity contribution in [1.29, 1.82) is 0 Å². The number of methoxy groups -OCH3 is 1. The predicted octanol–water partition coefficient (Wildman–Crippen LogP) is 0.826. The van der Waals surface area contributed by atoms with Crippen molar-refractivity contribution in [2.75, 3.05) is 36.6 Å². The average Bonchev–Trinajstić information content (AvgIpc) is 2.30. The molecule has 0 aliphatic carbocycles. The highest BCUT2D eigenvalue weighted by atomic mass is 32.2. The van der Waals surface area contributed by atoms with E-state index < -0.39 is 10.0 Å². The Labute approximate surface area is 112 Å². The molecule has 0 heterocycles. The molecule has 0 atom stereocenters. The van der Waals surface area contributed by atoms with E-state index >= 15 is 0 Å². The summed E-state index contributed by atoms with van der Waals surface area (Å²) in [4.78, 5) is 11.4. The van der Waals surface area contributed by atoms with Gasteiger partial charge in [-0.15, -0.1) is 0 Å². The molecule has 0 bridgehead atoms. The summed E-state index contributed by atoms with van der Waals surface area (Å²) in [6, 6.07) is 5.98. The Hall–Kier alpha value is -1.80. The van der Waals surface area contributed by atoms with Gasteiger partial charge in [0.05, 0.1) is 12.9 Å². The Kier molecular flexibility index (Phi) is 5.58. The lowest BCUT2D eigenvalue weighted by Gasteiger charge is -2.08. The van der Waals surface area contributed by atoms with Crippen LogP contribution in [-0.4, -0.2) is 41.0 Å². The molecule has 0 saturated heterocycles. The molecule has 0 fully saturated rings. The smallest absolute Gasteiger partial charge is 0.319 e. The number of benzene rings is 1. The van der Waals surface area contributed by atoms with Gasteiger partial charge in [0.25, 0.3) is 0 Å². The number of hydrogen-bond acceptors (Lipinski definition) is 4. The highest BCUT2D eigenvalue weighted by molar-refractivity contribution is 7.92. The van der Waals surface area contributed by atoms with E-state index in [4.69, 9.17) is 4.74 Å². The minimum Gasteiger partial charge on any atom is -0.383 e. The van der Waals surface area contributed by atoms with Crippen LogP contribution in [0.4, 0.5) is 16.2 Å². The highest BCUT2D eigenvalue weighted by Gasteiger charge is 2.03. The van der Waals surface area contributed by atoms with Crippen molar-refractivity contribution in [3.05, 3.63) is 24.3 Å². The second kappa shape index (κ2) is 6.95.